The second-order valence-electron chi connectivity index (χ2n) is 3.70. The first-order chi connectivity index (χ1) is 8.20. The van der Waals surface area contributed by atoms with Gasteiger partial charge in [-0.25, -0.2) is 0 Å². The summed E-state index contributed by atoms with van der Waals surface area (Å²) in [6.07, 6.45) is 3.33. The van der Waals surface area contributed by atoms with Gasteiger partial charge in [0.05, 0.1) is 29.2 Å². The number of nitrogen functional groups attached to an aromatic ring is 1. The molecule has 0 saturated heterocycles. The molecule has 17 heavy (non-hydrogen) atoms. The normalized spacial score (nSPS) is 9.65. The van der Waals surface area contributed by atoms with Gasteiger partial charge in [0.2, 0.25) is 0 Å². The second kappa shape index (κ2) is 4.54. The fourth-order valence-electron chi connectivity index (χ4n) is 1.56. The van der Waals surface area contributed by atoms with Crippen molar-refractivity contribution in [3.63, 3.8) is 0 Å². The second-order valence-corrected chi connectivity index (χ2v) is 3.70. The molecule has 2 aromatic rings. The summed E-state index contributed by atoms with van der Waals surface area (Å²) in [5.74, 6) is 0. The molecule has 0 fully saturated rings. The number of anilines is 3. The predicted octanol–water partition coefficient (Wildman–Crippen LogP) is 2.30. The molecule has 1 aromatic carbocycles. The Morgan fingerprint density at radius 3 is 2.76 bits per heavy atom. The molecule has 84 valence electrons. The van der Waals surface area contributed by atoms with Crippen molar-refractivity contribution in [3.8, 4) is 6.07 Å². The van der Waals surface area contributed by atoms with Crippen LogP contribution in [-0.2, 0) is 0 Å². The molecule has 4 nitrogen and oxygen atoms in total. The lowest BCUT2D eigenvalue weighted by Crippen LogP contribution is -2.10. The summed E-state index contributed by atoms with van der Waals surface area (Å²) < 4.78 is 0. The summed E-state index contributed by atoms with van der Waals surface area (Å²) in [7, 11) is 1.91. The molecule has 0 radical (unpaired) electrons. The lowest BCUT2D eigenvalue weighted by atomic mass is 10.2. The van der Waals surface area contributed by atoms with Crippen LogP contribution in [0.4, 0.5) is 17.1 Å². The maximum atomic E-state index is 8.86. The standard InChI is InChI=1S/C13H12N4/c1-17(13-6-11(15)8-16-9-13)12-4-2-3-10(5-12)7-14/h2-6,8-9H,15H2,1H3. The van der Waals surface area contributed by atoms with Crippen LogP contribution >= 0.6 is 0 Å². The Labute approximate surface area is 99.9 Å². The summed E-state index contributed by atoms with van der Waals surface area (Å²) in [6, 6.07) is 11.3. The van der Waals surface area contributed by atoms with Crippen molar-refractivity contribution in [2.75, 3.05) is 17.7 Å². The number of hydrogen-bond acceptors (Lipinski definition) is 4. The van der Waals surface area contributed by atoms with Gasteiger partial charge in [0.25, 0.3) is 0 Å². The Kier molecular flexibility index (Phi) is 2.93. The molecule has 4 heteroatoms. The number of aromatic nitrogens is 1. The van der Waals surface area contributed by atoms with Gasteiger partial charge in [0.1, 0.15) is 0 Å². The van der Waals surface area contributed by atoms with Gasteiger partial charge in [-0.05, 0) is 24.3 Å². The summed E-state index contributed by atoms with van der Waals surface area (Å²) in [6.45, 7) is 0. The highest BCUT2D eigenvalue weighted by Crippen LogP contribution is 2.24. The maximum Gasteiger partial charge on any atom is 0.0992 e. The molecule has 0 aliphatic carbocycles. The molecule has 2 rings (SSSR count). The molecule has 1 heterocycles. The first-order valence-electron chi connectivity index (χ1n) is 5.15. The van der Waals surface area contributed by atoms with E-state index in [1.165, 1.54) is 0 Å². The Morgan fingerprint density at radius 2 is 2.06 bits per heavy atom. The van der Waals surface area contributed by atoms with E-state index in [2.05, 4.69) is 11.1 Å². The minimum atomic E-state index is 0.616. The average Bonchev–Trinajstić information content (AvgIpc) is 2.38. The molecule has 1 aromatic heterocycles. The third-order valence-electron chi connectivity index (χ3n) is 2.49. The molecule has 0 unspecified atom stereocenters. The fraction of sp³-hybridized carbons (Fsp3) is 0.0769. The van der Waals surface area contributed by atoms with Crippen molar-refractivity contribution < 1.29 is 0 Å². The average molecular weight is 224 g/mol. The number of rotatable bonds is 2. The quantitative estimate of drug-likeness (QED) is 0.850. The highest BCUT2D eigenvalue weighted by Gasteiger charge is 2.05. The van der Waals surface area contributed by atoms with Crippen LogP contribution in [0.3, 0.4) is 0 Å². The van der Waals surface area contributed by atoms with Crippen LogP contribution in [0.15, 0.2) is 42.7 Å². The Morgan fingerprint density at radius 1 is 1.24 bits per heavy atom. The largest absolute Gasteiger partial charge is 0.397 e. The molecular formula is C13H12N4. The number of hydrogen-bond donors (Lipinski definition) is 1. The van der Waals surface area contributed by atoms with Crippen molar-refractivity contribution in [2.24, 2.45) is 0 Å². The summed E-state index contributed by atoms with van der Waals surface area (Å²) in [5, 5.41) is 8.86. The third-order valence-corrected chi connectivity index (χ3v) is 2.49. The van der Waals surface area contributed by atoms with Crippen molar-refractivity contribution >= 4 is 17.1 Å². The molecular weight excluding hydrogens is 212 g/mol. The van der Waals surface area contributed by atoms with Gasteiger partial charge >= 0.3 is 0 Å². The zero-order valence-electron chi connectivity index (χ0n) is 9.46. The van der Waals surface area contributed by atoms with Crippen molar-refractivity contribution in [1.82, 2.24) is 4.98 Å². The molecule has 0 atom stereocenters. The molecule has 0 amide bonds. The van der Waals surface area contributed by atoms with Gasteiger partial charge in [-0.3, -0.25) is 4.98 Å². The highest BCUT2D eigenvalue weighted by molar-refractivity contribution is 5.65. The van der Waals surface area contributed by atoms with Crippen LogP contribution in [0.2, 0.25) is 0 Å². The van der Waals surface area contributed by atoms with E-state index in [0.29, 0.717) is 11.3 Å². The molecule has 0 aliphatic rings. The van der Waals surface area contributed by atoms with Crippen LogP contribution in [0.1, 0.15) is 5.56 Å². The van der Waals surface area contributed by atoms with Gasteiger partial charge in [-0.1, -0.05) is 6.07 Å². The van der Waals surface area contributed by atoms with Crippen LogP contribution < -0.4 is 10.6 Å². The number of nitriles is 1. The summed E-state index contributed by atoms with van der Waals surface area (Å²) >= 11 is 0. The monoisotopic (exact) mass is 224 g/mol. The highest BCUT2D eigenvalue weighted by atomic mass is 15.1. The Bertz CT molecular complexity index is 572. The number of pyridine rings is 1. The summed E-state index contributed by atoms with van der Waals surface area (Å²) in [4.78, 5) is 5.98. The van der Waals surface area contributed by atoms with E-state index < -0.39 is 0 Å². The van der Waals surface area contributed by atoms with Gasteiger partial charge in [0.15, 0.2) is 0 Å². The van der Waals surface area contributed by atoms with Crippen LogP contribution in [0.25, 0.3) is 0 Å². The van der Waals surface area contributed by atoms with Gasteiger partial charge in [-0.2, -0.15) is 5.26 Å². The number of benzene rings is 1. The predicted molar refractivity (Wildman–Crippen MR) is 67.9 cm³/mol. The smallest absolute Gasteiger partial charge is 0.0992 e. The Balaban J connectivity index is 2.37. The van der Waals surface area contributed by atoms with Crippen molar-refractivity contribution in [1.29, 1.82) is 5.26 Å². The van der Waals surface area contributed by atoms with E-state index in [4.69, 9.17) is 11.0 Å². The SMILES string of the molecule is CN(c1cncc(N)c1)c1cccc(C#N)c1. The topological polar surface area (TPSA) is 65.9 Å². The molecule has 0 aliphatic heterocycles. The Hall–Kier alpha value is -2.54. The van der Waals surface area contributed by atoms with Crippen molar-refractivity contribution in [3.05, 3.63) is 48.3 Å². The van der Waals surface area contributed by atoms with E-state index in [1.54, 1.807) is 18.5 Å². The minimum Gasteiger partial charge on any atom is -0.397 e. The van der Waals surface area contributed by atoms with E-state index in [0.717, 1.165) is 11.4 Å². The first-order valence-corrected chi connectivity index (χ1v) is 5.15. The molecule has 0 spiro atoms. The molecule has 0 saturated carbocycles. The zero-order valence-corrected chi connectivity index (χ0v) is 9.46. The lowest BCUT2D eigenvalue weighted by molar-refractivity contribution is 1.17. The van der Waals surface area contributed by atoms with Gasteiger partial charge in [0, 0.05) is 18.9 Å². The molecule has 0 bridgehead atoms. The number of nitrogens with two attached hydrogens (primary N) is 1. The van der Waals surface area contributed by atoms with Crippen molar-refractivity contribution in [2.45, 2.75) is 0 Å². The summed E-state index contributed by atoms with van der Waals surface area (Å²) in [5.41, 5.74) is 8.75. The first kappa shape index (κ1) is 11.0. The van der Waals surface area contributed by atoms with Crippen LogP contribution in [-0.4, -0.2) is 12.0 Å². The van der Waals surface area contributed by atoms with Crippen LogP contribution in [0.5, 0.6) is 0 Å². The van der Waals surface area contributed by atoms with Gasteiger partial charge < -0.3 is 10.6 Å². The van der Waals surface area contributed by atoms with Crippen LogP contribution in [0, 0.1) is 11.3 Å². The molecule has 2 N–H and O–H groups in total. The van der Waals surface area contributed by atoms with E-state index in [-0.39, 0.29) is 0 Å². The maximum absolute atomic E-state index is 8.86. The zero-order chi connectivity index (χ0) is 12.3. The van der Waals surface area contributed by atoms with Gasteiger partial charge in [-0.15, -0.1) is 0 Å². The fourth-order valence-corrected chi connectivity index (χ4v) is 1.56. The minimum absolute atomic E-state index is 0.616. The number of nitrogens with zero attached hydrogens (tertiary/aromatic N) is 3. The van der Waals surface area contributed by atoms with E-state index >= 15 is 0 Å². The van der Waals surface area contributed by atoms with E-state index in [1.807, 2.05) is 36.2 Å². The third kappa shape index (κ3) is 2.34. The lowest BCUT2D eigenvalue weighted by Gasteiger charge is -2.19. The van der Waals surface area contributed by atoms with E-state index in [9.17, 15) is 0 Å².